The molecule has 0 amide bonds. The van der Waals surface area contributed by atoms with E-state index in [0.29, 0.717) is 50.6 Å². The van der Waals surface area contributed by atoms with Crippen LogP contribution in [0, 0.1) is 0 Å². The standard InChI is InChI=1S/C58H56N2O14S2/c1-59(2)39-18-14-37(15-19-39)57(65)71-33-43(73-53(61)35-69-41-22-24-51-47(30-41)55(63)45-10-5-7-12-49(45)75-51)26-29-67-27-9-28-68-32-44(34-72-58(66)38-16-20-40(21-17-38)60(3)4)74-54(62)36-70-42-23-25-52-48(31-42)56(64)46-11-6-8-13-50(46)76-52/h5-8,10-25,30-31,43-44H,9,26-29,32-36H2,1-4H3. The lowest BCUT2D eigenvalue weighted by molar-refractivity contribution is -0.157. The van der Waals surface area contributed by atoms with Crippen molar-refractivity contribution in [2.75, 3.05) is 90.8 Å². The first-order valence-corrected chi connectivity index (χ1v) is 26.0. The second kappa shape index (κ2) is 26.0. The molecular formula is C58H56N2O14S2. The lowest BCUT2D eigenvalue weighted by atomic mass is 10.2. The molecule has 0 spiro atoms. The second-order valence-electron chi connectivity index (χ2n) is 17.9. The lowest BCUT2D eigenvalue weighted by Crippen LogP contribution is -2.32. The van der Waals surface area contributed by atoms with Crippen LogP contribution in [0.1, 0.15) is 33.6 Å². The van der Waals surface area contributed by atoms with Crippen LogP contribution in [-0.4, -0.2) is 117 Å². The van der Waals surface area contributed by atoms with E-state index >= 15 is 0 Å². The first-order valence-electron chi connectivity index (χ1n) is 24.4. The van der Waals surface area contributed by atoms with E-state index in [9.17, 15) is 28.8 Å². The van der Waals surface area contributed by atoms with E-state index in [1.165, 1.54) is 22.7 Å². The molecule has 8 rings (SSSR count). The van der Waals surface area contributed by atoms with E-state index in [1.807, 2.05) is 74.4 Å². The number of carbonyl (C=O) groups is 4. The number of esters is 4. The highest BCUT2D eigenvalue weighted by molar-refractivity contribution is 7.25. The Morgan fingerprint density at radius 2 is 0.908 bits per heavy atom. The van der Waals surface area contributed by atoms with Crippen molar-refractivity contribution in [1.82, 2.24) is 0 Å². The summed E-state index contributed by atoms with van der Waals surface area (Å²) in [5.41, 5.74) is 2.17. The molecule has 0 N–H and O–H groups in total. The van der Waals surface area contributed by atoms with Gasteiger partial charge in [0.05, 0.1) is 24.3 Å². The number of ether oxygens (including phenoxy) is 8. The molecule has 8 aromatic rings. The van der Waals surface area contributed by atoms with Crippen molar-refractivity contribution in [2.45, 2.75) is 25.0 Å². The molecule has 2 aromatic heterocycles. The van der Waals surface area contributed by atoms with E-state index in [2.05, 4.69) is 0 Å². The van der Waals surface area contributed by atoms with Gasteiger partial charge < -0.3 is 47.7 Å². The van der Waals surface area contributed by atoms with Gasteiger partial charge in [-0.05, 0) is 116 Å². The Kier molecular flexibility index (Phi) is 18.6. The van der Waals surface area contributed by atoms with Gasteiger partial charge in [-0.3, -0.25) is 9.59 Å². The largest absolute Gasteiger partial charge is 0.482 e. The van der Waals surface area contributed by atoms with Gasteiger partial charge in [0.25, 0.3) is 0 Å². The van der Waals surface area contributed by atoms with Gasteiger partial charge in [-0.15, -0.1) is 22.7 Å². The third-order valence-corrected chi connectivity index (χ3v) is 14.2. The molecule has 0 saturated carbocycles. The van der Waals surface area contributed by atoms with Crippen molar-refractivity contribution in [2.24, 2.45) is 0 Å². The summed E-state index contributed by atoms with van der Waals surface area (Å²) in [7, 11) is 7.55. The number of carbonyl (C=O) groups excluding carboxylic acids is 4. The zero-order valence-corrected chi connectivity index (χ0v) is 44.0. The Labute approximate surface area is 445 Å². The van der Waals surface area contributed by atoms with Crippen molar-refractivity contribution in [3.8, 4) is 11.5 Å². The molecule has 2 unspecified atom stereocenters. The Morgan fingerprint density at radius 1 is 0.474 bits per heavy atom. The number of hydrogen-bond donors (Lipinski definition) is 0. The van der Waals surface area contributed by atoms with Crippen LogP contribution >= 0.6 is 22.7 Å². The third-order valence-electron chi connectivity index (χ3n) is 11.9. The van der Waals surface area contributed by atoms with Gasteiger partial charge in [0.2, 0.25) is 0 Å². The molecule has 18 heteroatoms. The van der Waals surface area contributed by atoms with Crippen LogP contribution in [0.15, 0.2) is 143 Å². The summed E-state index contributed by atoms with van der Waals surface area (Å²) < 4.78 is 49.1. The highest BCUT2D eigenvalue weighted by Crippen LogP contribution is 2.29. The first-order chi connectivity index (χ1) is 36.8. The van der Waals surface area contributed by atoms with Gasteiger partial charge in [0.1, 0.15) is 30.8 Å². The summed E-state index contributed by atoms with van der Waals surface area (Å²) in [5.74, 6) is -2.05. The van der Waals surface area contributed by atoms with Gasteiger partial charge in [0.15, 0.2) is 30.2 Å². The quantitative estimate of drug-likeness (QED) is 0.0228. The molecule has 0 bridgehead atoms. The van der Waals surface area contributed by atoms with E-state index in [1.54, 1.807) is 97.1 Å². The Hall–Kier alpha value is -7.90. The number of benzene rings is 6. The van der Waals surface area contributed by atoms with E-state index in [4.69, 9.17) is 37.9 Å². The number of fused-ring (bicyclic) bond motifs is 4. The number of rotatable bonds is 25. The predicted molar refractivity (Wildman–Crippen MR) is 295 cm³/mol. The summed E-state index contributed by atoms with van der Waals surface area (Å²) in [5, 5.41) is 2.14. The monoisotopic (exact) mass is 1070 g/mol. The molecule has 0 aliphatic heterocycles. The zero-order valence-electron chi connectivity index (χ0n) is 42.4. The molecule has 0 radical (unpaired) electrons. The molecular weight excluding hydrogens is 1010 g/mol. The lowest BCUT2D eigenvalue weighted by Gasteiger charge is -2.19. The molecule has 0 aliphatic rings. The van der Waals surface area contributed by atoms with Gasteiger partial charge in [-0.2, -0.15) is 0 Å². The fourth-order valence-electron chi connectivity index (χ4n) is 7.85. The van der Waals surface area contributed by atoms with Crippen molar-refractivity contribution >= 4 is 98.3 Å². The number of hydrogen-bond acceptors (Lipinski definition) is 18. The summed E-state index contributed by atoms with van der Waals surface area (Å²) in [6.07, 6.45) is -1.32. The van der Waals surface area contributed by atoms with E-state index < -0.39 is 49.3 Å². The molecule has 76 heavy (non-hydrogen) atoms. The number of nitrogens with zero attached hydrogens (tertiary/aromatic N) is 2. The molecule has 16 nitrogen and oxygen atoms in total. The van der Waals surface area contributed by atoms with E-state index in [-0.39, 0.29) is 56.9 Å². The topological polar surface area (TPSA) is 183 Å². The summed E-state index contributed by atoms with van der Waals surface area (Å²) in [6, 6.07) is 38.6. The second-order valence-corrected chi connectivity index (χ2v) is 20.0. The van der Waals surface area contributed by atoms with Crippen molar-refractivity contribution in [1.29, 1.82) is 0 Å². The van der Waals surface area contributed by atoms with Crippen LogP contribution in [0.25, 0.3) is 40.3 Å². The van der Waals surface area contributed by atoms with Gasteiger partial charge >= 0.3 is 23.9 Å². The summed E-state index contributed by atoms with van der Waals surface area (Å²) in [6.45, 7) is -1.12. The molecule has 6 aromatic carbocycles. The fraction of sp³-hybridized carbons (Fsp3) is 0.276. The van der Waals surface area contributed by atoms with Gasteiger partial charge in [0, 0.05) is 99.5 Å². The van der Waals surface area contributed by atoms with Crippen molar-refractivity contribution < 1.29 is 57.1 Å². The predicted octanol–water partition coefficient (Wildman–Crippen LogP) is 9.08. The van der Waals surface area contributed by atoms with Gasteiger partial charge in [-0.1, -0.05) is 24.3 Å². The zero-order chi connectivity index (χ0) is 53.6. The molecule has 394 valence electrons. The van der Waals surface area contributed by atoms with Crippen molar-refractivity contribution in [3.63, 3.8) is 0 Å². The normalized spacial score (nSPS) is 12.0. The molecule has 0 saturated heterocycles. The minimum atomic E-state index is -1.00. The Morgan fingerprint density at radius 3 is 1.39 bits per heavy atom. The van der Waals surface area contributed by atoms with E-state index in [0.717, 1.165) is 30.2 Å². The first kappa shape index (κ1) is 54.4. The van der Waals surface area contributed by atoms with Crippen LogP contribution in [0.3, 0.4) is 0 Å². The highest BCUT2D eigenvalue weighted by atomic mass is 32.1. The van der Waals surface area contributed by atoms with Crippen LogP contribution < -0.4 is 30.1 Å². The minimum Gasteiger partial charge on any atom is -0.482 e. The highest BCUT2D eigenvalue weighted by Gasteiger charge is 2.22. The number of anilines is 2. The summed E-state index contributed by atoms with van der Waals surface area (Å²) in [4.78, 5) is 82.7. The molecule has 2 atom stereocenters. The Bertz CT molecular complexity index is 3220. The minimum absolute atomic E-state index is 0.121. The molecule has 0 aliphatic carbocycles. The van der Waals surface area contributed by atoms with Gasteiger partial charge in [-0.25, -0.2) is 19.2 Å². The maximum absolute atomic E-state index is 13.2. The third kappa shape index (κ3) is 14.5. The summed E-state index contributed by atoms with van der Waals surface area (Å²) >= 11 is 2.97. The van der Waals surface area contributed by atoms with Crippen LogP contribution in [0.4, 0.5) is 11.4 Å². The van der Waals surface area contributed by atoms with Crippen LogP contribution in [0.5, 0.6) is 11.5 Å². The average molecular weight is 1070 g/mol. The Balaban J connectivity index is 0.828. The SMILES string of the molecule is CN(C)c1ccc(C(=O)OCC(CCOCCCOCC(COC(=O)c2ccc(N(C)C)cc2)OC(=O)COc2ccc3sc4ccccc4c(=O)c3c2)OC(=O)COc2ccc3sc4ccccc4c(=O)c3c2)cc1. The molecule has 2 heterocycles. The van der Waals surface area contributed by atoms with Crippen molar-refractivity contribution in [3.05, 3.63) is 165 Å². The van der Waals surface area contributed by atoms with Crippen LogP contribution in [-0.2, 0) is 38.0 Å². The molecule has 0 fully saturated rings. The maximum atomic E-state index is 13.2. The van der Waals surface area contributed by atoms with Crippen LogP contribution in [0.2, 0.25) is 0 Å². The average Bonchev–Trinajstić information content (AvgIpc) is 3.43. The fourth-order valence-corrected chi connectivity index (χ4v) is 9.95. The smallest absolute Gasteiger partial charge is 0.344 e. The maximum Gasteiger partial charge on any atom is 0.344 e.